The van der Waals surface area contributed by atoms with Crippen molar-refractivity contribution in [1.29, 1.82) is 0 Å². The largest absolute Gasteiger partial charge is 0.495 e. The van der Waals surface area contributed by atoms with Gasteiger partial charge < -0.3 is 9.64 Å². The van der Waals surface area contributed by atoms with Crippen molar-refractivity contribution in [3.8, 4) is 5.75 Å². The molecule has 1 aliphatic carbocycles. The van der Waals surface area contributed by atoms with Gasteiger partial charge in [-0.15, -0.1) is 0 Å². The van der Waals surface area contributed by atoms with E-state index in [2.05, 4.69) is 38.1 Å². The molecule has 1 fully saturated rings. The zero-order valence-electron chi connectivity index (χ0n) is 19.4. The first-order chi connectivity index (χ1) is 15.1. The van der Waals surface area contributed by atoms with Crippen LogP contribution >= 0.6 is 0 Å². The highest BCUT2D eigenvalue weighted by molar-refractivity contribution is 7.89. The summed E-state index contributed by atoms with van der Waals surface area (Å²) in [6, 6.07) is 13.6. The molecule has 0 saturated heterocycles. The number of nitrogens with zero attached hydrogens (tertiary/aromatic N) is 2. The second-order valence-electron chi connectivity index (χ2n) is 8.62. The second kappa shape index (κ2) is 9.88. The lowest BCUT2D eigenvalue weighted by molar-refractivity contribution is -0.127. The molecule has 1 amide bonds. The molecule has 0 N–H and O–H groups in total. The Morgan fingerprint density at radius 3 is 2.31 bits per heavy atom. The van der Waals surface area contributed by atoms with Crippen molar-refractivity contribution < 1.29 is 17.9 Å². The van der Waals surface area contributed by atoms with E-state index in [9.17, 15) is 13.2 Å². The fourth-order valence-corrected chi connectivity index (χ4v) is 4.52. The Balaban J connectivity index is 1.79. The zero-order valence-corrected chi connectivity index (χ0v) is 20.2. The molecule has 1 saturated carbocycles. The molecule has 0 unspecified atom stereocenters. The fourth-order valence-electron chi connectivity index (χ4n) is 3.44. The van der Waals surface area contributed by atoms with E-state index in [4.69, 9.17) is 4.74 Å². The van der Waals surface area contributed by atoms with Gasteiger partial charge in [0.25, 0.3) is 0 Å². The maximum Gasteiger partial charge on any atom is 0.247 e. The SMILES string of the molecule is COc1ccc(/C=C/C(=O)N(Cc2ccc(C(C)C)cc2)C2CC2)cc1S(=O)(=O)N(C)C. The van der Waals surface area contributed by atoms with Gasteiger partial charge in [0.15, 0.2) is 0 Å². The van der Waals surface area contributed by atoms with Gasteiger partial charge in [-0.3, -0.25) is 4.79 Å². The minimum atomic E-state index is -3.67. The lowest BCUT2D eigenvalue weighted by Crippen LogP contribution is -2.31. The number of rotatable bonds is 9. The third kappa shape index (κ3) is 5.58. The molecule has 0 radical (unpaired) electrons. The minimum Gasteiger partial charge on any atom is -0.495 e. The summed E-state index contributed by atoms with van der Waals surface area (Å²) in [4.78, 5) is 14.9. The van der Waals surface area contributed by atoms with Gasteiger partial charge in [0.05, 0.1) is 7.11 Å². The van der Waals surface area contributed by atoms with Crippen molar-refractivity contribution in [2.24, 2.45) is 0 Å². The Bertz CT molecular complexity index is 1090. The van der Waals surface area contributed by atoms with E-state index < -0.39 is 10.0 Å². The molecular formula is C25H32N2O4S. The van der Waals surface area contributed by atoms with E-state index in [1.165, 1.54) is 38.9 Å². The summed E-state index contributed by atoms with van der Waals surface area (Å²) in [7, 11) is 0.711. The summed E-state index contributed by atoms with van der Waals surface area (Å²) in [5.41, 5.74) is 3.00. The fraction of sp³-hybridized carbons (Fsp3) is 0.400. The molecule has 0 aliphatic heterocycles. The van der Waals surface area contributed by atoms with E-state index in [0.717, 1.165) is 22.7 Å². The number of hydrogen-bond acceptors (Lipinski definition) is 4. The highest BCUT2D eigenvalue weighted by Crippen LogP contribution is 2.30. The molecule has 2 aromatic carbocycles. The average Bonchev–Trinajstić information content (AvgIpc) is 3.61. The van der Waals surface area contributed by atoms with Crippen LogP contribution in [0.4, 0.5) is 0 Å². The van der Waals surface area contributed by atoms with Crippen LogP contribution in [0.2, 0.25) is 0 Å². The number of sulfonamides is 1. The van der Waals surface area contributed by atoms with Gasteiger partial charge in [-0.2, -0.15) is 0 Å². The molecule has 0 heterocycles. The zero-order chi connectivity index (χ0) is 23.5. The Kier molecular flexibility index (Phi) is 7.41. The van der Waals surface area contributed by atoms with E-state index in [-0.39, 0.29) is 22.6 Å². The normalized spacial score (nSPS) is 14.3. The summed E-state index contributed by atoms with van der Waals surface area (Å²) < 4.78 is 31.6. The molecular weight excluding hydrogens is 424 g/mol. The van der Waals surface area contributed by atoms with Crippen LogP contribution in [-0.2, 0) is 21.4 Å². The first kappa shape index (κ1) is 24.0. The summed E-state index contributed by atoms with van der Waals surface area (Å²) >= 11 is 0. The maximum absolute atomic E-state index is 13.0. The predicted octanol–water partition coefficient (Wildman–Crippen LogP) is 4.27. The number of benzene rings is 2. The van der Waals surface area contributed by atoms with Gasteiger partial charge in [0.2, 0.25) is 15.9 Å². The Hall–Kier alpha value is -2.64. The minimum absolute atomic E-state index is 0.0730. The molecule has 172 valence electrons. The molecule has 0 bridgehead atoms. The smallest absolute Gasteiger partial charge is 0.247 e. The van der Waals surface area contributed by atoms with E-state index in [1.807, 2.05) is 4.90 Å². The molecule has 0 spiro atoms. The van der Waals surface area contributed by atoms with Crippen LogP contribution in [0.1, 0.15) is 49.3 Å². The standard InChI is InChI=1S/C25H32N2O4S/c1-18(2)21-10-6-20(7-11-21)17-27(22-12-13-22)25(28)15-9-19-8-14-23(31-5)24(16-19)32(29,30)26(3)4/h6-11,14-16,18,22H,12-13,17H2,1-5H3/b15-9+. The van der Waals surface area contributed by atoms with Gasteiger partial charge in [0.1, 0.15) is 10.6 Å². The van der Waals surface area contributed by atoms with Crippen molar-refractivity contribution in [3.05, 3.63) is 65.2 Å². The van der Waals surface area contributed by atoms with Crippen LogP contribution in [0.25, 0.3) is 6.08 Å². The lowest BCUT2D eigenvalue weighted by Gasteiger charge is -2.21. The molecule has 1 aliphatic rings. The monoisotopic (exact) mass is 456 g/mol. The number of hydrogen-bond donors (Lipinski definition) is 0. The van der Waals surface area contributed by atoms with Crippen LogP contribution in [0.15, 0.2) is 53.4 Å². The third-order valence-corrected chi connectivity index (χ3v) is 7.47. The molecule has 3 rings (SSSR count). The van der Waals surface area contributed by atoms with Gasteiger partial charge in [-0.25, -0.2) is 12.7 Å². The Morgan fingerprint density at radius 2 is 1.78 bits per heavy atom. The van der Waals surface area contributed by atoms with Crippen LogP contribution in [-0.4, -0.2) is 50.8 Å². The van der Waals surface area contributed by atoms with Crippen molar-refractivity contribution >= 4 is 22.0 Å². The molecule has 2 aromatic rings. The molecule has 32 heavy (non-hydrogen) atoms. The first-order valence-electron chi connectivity index (χ1n) is 10.8. The lowest BCUT2D eigenvalue weighted by atomic mass is 10.0. The van der Waals surface area contributed by atoms with Crippen molar-refractivity contribution in [2.45, 2.75) is 50.1 Å². The van der Waals surface area contributed by atoms with Gasteiger partial charge in [0, 0.05) is 32.8 Å². The van der Waals surface area contributed by atoms with Gasteiger partial charge >= 0.3 is 0 Å². The molecule has 6 nitrogen and oxygen atoms in total. The van der Waals surface area contributed by atoms with Crippen LogP contribution < -0.4 is 4.74 Å². The number of methoxy groups -OCH3 is 1. The highest BCUT2D eigenvalue weighted by Gasteiger charge is 2.31. The molecule has 0 atom stereocenters. The quantitative estimate of drug-likeness (QED) is 0.529. The van der Waals surface area contributed by atoms with Gasteiger partial charge in [-0.05, 0) is 53.7 Å². The third-order valence-electron chi connectivity index (χ3n) is 5.63. The first-order valence-corrected chi connectivity index (χ1v) is 12.3. The summed E-state index contributed by atoms with van der Waals surface area (Å²) in [6.45, 7) is 4.89. The maximum atomic E-state index is 13.0. The van der Waals surface area contributed by atoms with Gasteiger partial charge in [-0.1, -0.05) is 44.2 Å². The highest BCUT2D eigenvalue weighted by atomic mass is 32.2. The van der Waals surface area contributed by atoms with E-state index in [0.29, 0.717) is 18.0 Å². The molecule has 7 heteroatoms. The topological polar surface area (TPSA) is 66.9 Å². The Morgan fingerprint density at radius 1 is 1.12 bits per heavy atom. The Labute approximate surface area is 191 Å². The van der Waals surface area contributed by atoms with Crippen molar-refractivity contribution in [3.63, 3.8) is 0 Å². The average molecular weight is 457 g/mol. The van der Waals surface area contributed by atoms with Crippen LogP contribution in [0.5, 0.6) is 5.75 Å². The second-order valence-corrected chi connectivity index (χ2v) is 10.7. The predicted molar refractivity (Wildman–Crippen MR) is 127 cm³/mol. The van der Waals surface area contributed by atoms with Crippen molar-refractivity contribution in [1.82, 2.24) is 9.21 Å². The summed E-state index contributed by atoms with van der Waals surface area (Å²) in [5, 5.41) is 0. The summed E-state index contributed by atoms with van der Waals surface area (Å²) in [5.74, 6) is 0.666. The van der Waals surface area contributed by atoms with Crippen LogP contribution in [0, 0.1) is 0 Å². The van der Waals surface area contributed by atoms with E-state index in [1.54, 1.807) is 18.2 Å². The van der Waals surface area contributed by atoms with Crippen LogP contribution in [0.3, 0.4) is 0 Å². The summed E-state index contributed by atoms with van der Waals surface area (Å²) in [6.07, 6.45) is 5.21. The molecule has 0 aromatic heterocycles. The number of amides is 1. The number of carbonyl (C=O) groups is 1. The number of carbonyl (C=O) groups excluding carboxylic acids is 1. The van der Waals surface area contributed by atoms with E-state index >= 15 is 0 Å². The van der Waals surface area contributed by atoms with Crippen molar-refractivity contribution in [2.75, 3.05) is 21.2 Å². The number of ether oxygens (including phenoxy) is 1.